The Morgan fingerprint density at radius 3 is 2.57 bits per heavy atom. The van der Waals surface area contributed by atoms with Gasteiger partial charge in [0, 0.05) is 11.9 Å². The molecule has 0 atom stereocenters. The van der Waals surface area contributed by atoms with Crippen molar-refractivity contribution in [2.45, 2.75) is 45.1 Å². The summed E-state index contributed by atoms with van der Waals surface area (Å²) in [5.74, 6) is -0.544. The largest absolute Gasteiger partial charge is 0.493 e. The summed E-state index contributed by atoms with van der Waals surface area (Å²) in [6, 6.07) is 3.39. The molecule has 1 aromatic carbocycles. The first-order valence-corrected chi connectivity index (χ1v) is 9.98. The third-order valence-electron chi connectivity index (χ3n) is 5.76. The number of carboxylic acids is 1. The highest BCUT2D eigenvalue weighted by molar-refractivity contribution is 5.89. The van der Waals surface area contributed by atoms with Gasteiger partial charge < -0.3 is 19.9 Å². The number of nitrogens with zero attached hydrogens (tertiary/aromatic N) is 2. The molecule has 0 spiro atoms. The van der Waals surface area contributed by atoms with Crippen LogP contribution in [0, 0.1) is 5.41 Å². The second-order valence-corrected chi connectivity index (χ2v) is 7.78. The summed E-state index contributed by atoms with van der Waals surface area (Å²) in [6.45, 7) is 0.00982. The second-order valence-electron chi connectivity index (χ2n) is 7.78. The van der Waals surface area contributed by atoms with Crippen molar-refractivity contribution in [1.29, 1.82) is 0 Å². The van der Waals surface area contributed by atoms with Crippen LogP contribution in [0.4, 0.5) is 0 Å². The maximum Gasteiger partial charge on any atom is 0.303 e. The zero-order valence-corrected chi connectivity index (χ0v) is 17.3. The van der Waals surface area contributed by atoms with Gasteiger partial charge in [-0.05, 0) is 30.4 Å². The third-order valence-corrected chi connectivity index (χ3v) is 5.76. The standard InChI is InChI=1S/C21H27N3O6/c1-29-15-7-6-14-11-23-24(20(28)18(14)19(15)30-2)12-16(25)22-13-21(10-17(26)27)8-4-3-5-9-21/h6-7,11H,3-5,8-10,12-13H2,1-2H3,(H,22,25)(H,26,27). The fourth-order valence-electron chi connectivity index (χ4n) is 4.21. The maximum atomic E-state index is 12.9. The maximum absolute atomic E-state index is 12.9. The van der Waals surface area contributed by atoms with Crippen molar-refractivity contribution in [3.05, 3.63) is 28.7 Å². The number of ether oxygens (including phenoxy) is 2. The lowest BCUT2D eigenvalue weighted by molar-refractivity contribution is -0.140. The van der Waals surface area contributed by atoms with E-state index in [1.165, 1.54) is 20.4 Å². The van der Waals surface area contributed by atoms with E-state index >= 15 is 0 Å². The molecule has 3 rings (SSSR count). The van der Waals surface area contributed by atoms with Crippen molar-refractivity contribution in [3.8, 4) is 11.5 Å². The van der Waals surface area contributed by atoms with Gasteiger partial charge in [-0.3, -0.25) is 14.4 Å². The van der Waals surface area contributed by atoms with Gasteiger partial charge in [-0.2, -0.15) is 5.10 Å². The fraction of sp³-hybridized carbons (Fsp3) is 0.524. The van der Waals surface area contributed by atoms with Gasteiger partial charge in [0.25, 0.3) is 5.56 Å². The molecule has 9 heteroatoms. The van der Waals surface area contributed by atoms with E-state index in [9.17, 15) is 19.5 Å². The minimum atomic E-state index is -0.861. The minimum absolute atomic E-state index is 0.0262. The average Bonchev–Trinajstić information content (AvgIpc) is 2.73. The fourth-order valence-corrected chi connectivity index (χ4v) is 4.21. The van der Waals surface area contributed by atoms with Crippen LogP contribution in [0.15, 0.2) is 23.1 Å². The number of rotatable bonds is 8. The zero-order chi connectivity index (χ0) is 21.7. The molecule has 1 fully saturated rings. The van der Waals surface area contributed by atoms with Gasteiger partial charge in [-0.1, -0.05) is 19.3 Å². The molecular formula is C21H27N3O6. The van der Waals surface area contributed by atoms with Gasteiger partial charge in [0.2, 0.25) is 5.91 Å². The summed E-state index contributed by atoms with van der Waals surface area (Å²) in [5.41, 5.74) is -0.894. The van der Waals surface area contributed by atoms with E-state index in [0.29, 0.717) is 16.9 Å². The van der Waals surface area contributed by atoms with E-state index < -0.39 is 16.9 Å². The number of amides is 1. The van der Waals surface area contributed by atoms with Crippen LogP contribution in [-0.4, -0.2) is 47.5 Å². The molecule has 0 bridgehead atoms. The highest BCUT2D eigenvalue weighted by atomic mass is 16.5. The molecule has 1 aliphatic rings. The molecule has 0 radical (unpaired) electrons. The Morgan fingerprint density at radius 1 is 1.20 bits per heavy atom. The highest BCUT2D eigenvalue weighted by Gasteiger charge is 2.34. The van der Waals surface area contributed by atoms with Gasteiger partial charge in [0.15, 0.2) is 11.5 Å². The molecule has 0 saturated heterocycles. The van der Waals surface area contributed by atoms with Crippen molar-refractivity contribution in [2.24, 2.45) is 5.41 Å². The van der Waals surface area contributed by atoms with Crippen LogP contribution in [0.5, 0.6) is 11.5 Å². The van der Waals surface area contributed by atoms with Crippen LogP contribution in [-0.2, 0) is 16.1 Å². The number of carbonyl (C=O) groups is 2. The minimum Gasteiger partial charge on any atom is -0.493 e. The Bertz CT molecular complexity index is 994. The molecule has 1 heterocycles. The highest BCUT2D eigenvalue weighted by Crippen LogP contribution is 2.38. The smallest absolute Gasteiger partial charge is 0.303 e. The van der Waals surface area contributed by atoms with Gasteiger partial charge in [0.1, 0.15) is 6.54 Å². The number of carboxylic acid groups (broad SMARTS) is 1. The van der Waals surface area contributed by atoms with E-state index in [2.05, 4.69) is 10.4 Å². The van der Waals surface area contributed by atoms with Gasteiger partial charge in [-0.15, -0.1) is 0 Å². The van der Waals surface area contributed by atoms with Crippen LogP contribution in [0.2, 0.25) is 0 Å². The first kappa shape index (κ1) is 21.6. The Hall–Kier alpha value is -3.10. The first-order valence-electron chi connectivity index (χ1n) is 9.98. The molecule has 0 aliphatic heterocycles. The van der Waals surface area contributed by atoms with E-state index in [1.54, 1.807) is 12.1 Å². The topological polar surface area (TPSA) is 120 Å². The quantitative estimate of drug-likeness (QED) is 0.674. The molecule has 1 aromatic heterocycles. The number of nitrogens with one attached hydrogen (secondary N) is 1. The van der Waals surface area contributed by atoms with Gasteiger partial charge >= 0.3 is 5.97 Å². The molecular weight excluding hydrogens is 390 g/mol. The van der Waals surface area contributed by atoms with Crippen molar-refractivity contribution in [1.82, 2.24) is 15.1 Å². The van der Waals surface area contributed by atoms with E-state index in [1.807, 2.05) is 0 Å². The molecule has 9 nitrogen and oxygen atoms in total. The molecule has 2 N–H and O–H groups in total. The number of carbonyl (C=O) groups excluding carboxylic acids is 1. The lowest BCUT2D eigenvalue weighted by atomic mass is 9.71. The lowest BCUT2D eigenvalue weighted by Gasteiger charge is -2.36. The molecule has 30 heavy (non-hydrogen) atoms. The zero-order valence-electron chi connectivity index (χ0n) is 17.3. The lowest BCUT2D eigenvalue weighted by Crippen LogP contribution is -2.42. The predicted octanol–water partition coefficient (Wildman–Crippen LogP) is 1.96. The summed E-state index contributed by atoms with van der Waals surface area (Å²) >= 11 is 0. The molecule has 0 unspecified atom stereocenters. The van der Waals surface area contributed by atoms with Crippen LogP contribution < -0.4 is 20.3 Å². The SMILES string of the molecule is COc1ccc2cnn(CC(=O)NCC3(CC(=O)O)CCCCC3)c(=O)c2c1OC. The summed E-state index contributed by atoms with van der Waals surface area (Å²) in [4.78, 5) is 36.8. The van der Waals surface area contributed by atoms with E-state index in [-0.39, 0.29) is 30.8 Å². The van der Waals surface area contributed by atoms with Gasteiger partial charge in [-0.25, -0.2) is 4.68 Å². The molecule has 162 valence electrons. The Morgan fingerprint density at radius 2 is 1.93 bits per heavy atom. The molecule has 2 aromatic rings. The molecule has 1 saturated carbocycles. The number of aromatic nitrogens is 2. The predicted molar refractivity (Wildman–Crippen MR) is 110 cm³/mol. The van der Waals surface area contributed by atoms with E-state index in [4.69, 9.17) is 9.47 Å². The number of hydrogen-bond donors (Lipinski definition) is 2. The van der Waals surface area contributed by atoms with Crippen molar-refractivity contribution in [3.63, 3.8) is 0 Å². The molecule has 1 amide bonds. The second kappa shape index (κ2) is 9.15. The average molecular weight is 417 g/mol. The number of benzene rings is 1. The van der Waals surface area contributed by atoms with Gasteiger partial charge in [0.05, 0.1) is 32.2 Å². The van der Waals surface area contributed by atoms with Crippen molar-refractivity contribution < 1.29 is 24.2 Å². The Labute approximate surface area is 174 Å². The summed E-state index contributed by atoms with van der Waals surface area (Å²) < 4.78 is 11.7. The number of hydrogen-bond acceptors (Lipinski definition) is 6. The number of methoxy groups -OCH3 is 2. The van der Waals surface area contributed by atoms with Crippen molar-refractivity contribution >= 4 is 22.6 Å². The van der Waals surface area contributed by atoms with E-state index in [0.717, 1.165) is 36.8 Å². The third kappa shape index (κ3) is 4.55. The number of fused-ring (bicyclic) bond motifs is 1. The van der Waals surface area contributed by atoms with Crippen LogP contribution in [0.25, 0.3) is 10.8 Å². The first-order chi connectivity index (χ1) is 14.4. The summed E-state index contributed by atoms with van der Waals surface area (Å²) in [5, 5.41) is 17.0. The Kier molecular flexibility index (Phi) is 6.59. The van der Waals surface area contributed by atoms with Crippen LogP contribution in [0.3, 0.4) is 0 Å². The van der Waals surface area contributed by atoms with Crippen molar-refractivity contribution in [2.75, 3.05) is 20.8 Å². The van der Waals surface area contributed by atoms with Crippen LogP contribution >= 0.6 is 0 Å². The monoisotopic (exact) mass is 417 g/mol. The molecule has 1 aliphatic carbocycles. The summed E-state index contributed by atoms with van der Waals surface area (Å²) in [6.07, 6.45) is 6.05. The van der Waals surface area contributed by atoms with Crippen LogP contribution in [0.1, 0.15) is 38.5 Å². The Balaban J connectivity index is 1.78. The number of aliphatic carboxylic acids is 1. The summed E-state index contributed by atoms with van der Waals surface area (Å²) in [7, 11) is 2.93. The normalized spacial score (nSPS) is 15.5.